The van der Waals surface area contributed by atoms with Crippen molar-refractivity contribution in [2.75, 3.05) is 6.54 Å². The van der Waals surface area contributed by atoms with E-state index in [1.807, 2.05) is 6.07 Å². The predicted octanol–water partition coefficient (Wildman–Crippen LogP) is -0.321. The summed E-state index contributed by atoms with van der Waals surface area (Å²) in [7, 11) is 0. The monoisotopic (exact) mass is 163 g/mol. The zero-order valence-corrected chi connectivity index (χ0v) is 6.53. The molecule has 0 bridgehead atoms. The highest BCUT2D eigenvalue weighted by molar-refractivity contribution is 5.24. The maximum absolute atomic E-state index is 11.3. The molecule has 2 N–H and O–H groups in total. The average molecular weight is 163 g/mol. The second kappa shape index (κ2) is 3.69. The molecule has 0 saturated heterocycles. The molecule has 4 nitrogen and oxygen atoms in total. The lowest BCUT2D eigenvalue weighted by Gasteiger charge is -2.01. The van der Waals surface area contributed by atoms with E-state index in [1.54, 1.807) is 12.3 Å². The molecule has 0 spiro atoms. The van der Waals surface area contributed by atoms with Crippen molar-refractivity contribution in [2.24, 2.45) is 5.73 Å². The molecule has 0 radical (unpaired) electrons. The van der Waals surface area contributed by atoms with E-state index < -0.39 is 0 Å². The highest BCUT2D eigenvalue weighted by Gasteiger charge is 1.99. The number of rotatable bonds is 2. The van der Waals surface area contributed by atoms with Gasteiger partial charge in [-0.25, -0.2) is 0 Å². The third-order valence-corrected chi connectivity index (χ3v) is 1.51. The number of pyridine rings is 1. The highest BCUT2D eigenvalue weighted by Crippen LogP contribution is 1.88. The molecule has 0 unspecified atom stereocenters. The number of nitriles is 1. The Hall–Kier alpha value is -1.60. The molecule has 0 atom stereocenters. The van der Waals surface area contributed by atoms with Crippen LogP contribution in [0, 0.1) is 11.3 Å². The Balaban J connectivity index is 3.17. The van der Waals surface area contributed by atoms with Crippen LogP contribution in [0.5, 0.6) is 0 Å². The molecule has 1 rings (SSSR count). The Morgan fingerprint density at radius 2 is 2.42 bits per heavy atom. The van der Waals surface area contributed by atoms with Crippen molar-refractivity contribution in [2.45, 2.75) is 6.54 Å². The third kappa shape index (κ3) is 1.52. The molecule has 0 saturated carbocycles. The number of hydrogen-bond donors (Lipinski definition) is 1. The van der Waals surface area contributed by atoms with E-state index in [1.165, 1.54) is 10.6 Å². The summed E-state index contributed by atoms with van der Waals surface area (Å²) in [6.07, 6.45) is 1.62. The molecule has 0 aliphatic heterocycles. The Morgan fingerprint density at radius 1 is 1.67 bits per heavy atom. The van der Waals surface area contributed by atoms with Crippen LogP contribution in [0.3, 0.4) is 0 Å². The summed E-state index contributed by atoms with van der Waals surface area (Å²) in [6.45, 7) is 0.850. The topological polar surface area (TPSA) is 71.8 Å². The van der Waals surface area contributed by atoms with E-state index in [0.717, 1.165) is 0 Å². The van der Waals surface area contributed by atoms with Crippen LogP contribution in [0.25, 0.3) is 0 Å². The summed E-state index contributed by atoms with van der Waals surface area (Å²) in [5.74, 6) is 0. The molecule has 12 heavy (non-hydrogen) atoms. The van der Waals surface area contributed by atoms with E-state index in [9.17, 15) is 4.79 Å². The summed E-state index contributed by atoms with van der Waals surface area (Å²) < 4.78 is 1.43. The Labute approximate surface area is 69.8 Å². The van der Waals surface area contributed by atoms with Crippen LogP contribution in [0.2, 0.25) is 0 Å². The SMILES string of the molecule is N#Cc1cccn(CCN)c1=O. The first kappa shape index (κ1) is 8.50. The van der Waals surface area contributed by atoms with Crippen LogP contribution in [0.15, 0.2) is 23.1 Å². The van der Waals surface area contributed by atoms with Crippen molar-refractivity contribution in [3.05, 3.63) is 34.2 Å². The van der Waals surface area contributed by atoms with Gasteiger partial charge in [0.25, 0.3) is 5.56 Å². The molecular weight excluding hydrogens is 154 g/mol. The molecule has 0 aliphatic rings. The van der Waals surface area contributed by atoms with E-state index >= 15 is 0 Å². The van der Waals surface area contributed by atoms with Crippen LogP contribution in [0.1, 0.15) is 5.56 Å². The number of nitrogens with zero attached hydrogens (tertiary/aromatic N) is 2. The lowest BCUT2D eigenvalue weighted by atomic mass is 10.3. The first-order valence-corrected chi connectivity index (χ1v) is 3.59. The fourth-order valence-electron chi connectivity index (χ4n) is 0.937. The van der Waals surface area contributed by atoms with Gasteiger partial charge in [0.15, 0.2) is 0 Å². The molecular formula is C8H9N3O. The van der Waals surface area contributed by atoms with Gasteiger partial charge in [-0.2, -0.15) is 5.26 Å². The van der Waals surface area contributed by atoms with Gasteiger partial charge in [-0.1, -0.05) is 0 Å². The Morgan fingerprint density at radius 3 is 3.00 bits per heavy atom. The summed E-state index contributed by atoms with van der Waals surface area (Å²) in [4.78, 5) is 11.3. The number of hydrogen-bond acceptors (Lipinski definition) is 3. The van der Waals surface area contributed by atoms with Gasteiger partial charge in [0.05, 0.1) is 0 Å². The van der Waals surface area contributed by atoms with Gasteiger partial charge in [-0.15, -0.1) is 0 Å². The van der Waals surface area contributed by atoms with E-state index in [0.29, 0.717) is 13.1 Å². The molecule has 62 valence electrons. The Kier molecular flexibility index (Phi) is 2.62. The van der Waals surface area contributed by atoms with Gasteiger partial charge < -0.3 is 10.3 Å². The van der Waals surface area contributed by atoms with Crippen molar-refractivity contribution in [1.29, 1.82) is 5.26 Å². The van der Waals surface area contributed by atoms with Crippen molar-refractivity contribution in [3.8, 4) is 6.07 Å². The van der Waals surface area contributed by atoms with Gasteiger partial charge in [0.2, 0.25) is 0 Å². The van der Waals surface area contributed by atoms with E-state index in [2.05, 4.69) is 0 Å². The van der Waals surface area contributed by atoms with Gasteiger partial charge in [0.1, 0.15) is 11.6 Å². The average Bonchev–Trinajstić information content (AvgIpc) is 2.09. The third-order valence-electron chi connectivity index (χ3n) is 1.51. The molecule has 1 aromatic rings. The fraction of sp³-hybridized carbons (Fsp3) is 0.250. The van der Waals surface area contributed by atoms with E-state index in [4.69, 9.17) is 11.0 Å². The smallest absolute Gasteiger partial charge is 0.268 e. The minimum absolute atomic E-state index is 0.158. The maximum Gasteiger partial charge on any atom is 0.268 e. The van der Waals surface area contributed by atoms with Crippen molar-refractivity contribution >= 4 is 0 Å². The maximum atomic E-state index is 11.3. The van der Waals surface area contributed by atoms with Gasteiger partial charge >= 0.3 is 0 Å². The summed E-state index contributed by atoms with van der Waals surface area (Å²) in [6, 6.07) is 4.98. The summed E-state index contributed by atoms with van der Waals surface area (Å²) in [5.41, 5.74) is 5.16. The fourth-order valence-corrected chi connectivity index (χ4v) is 0.937. The molecule has 4 heteroatoms. The minimum atomic E-state index is -0.273. The van der Waals surface area contributed by atoms with Crippen LogP contribution in [-0.4, -0.2) is 11.1 Å². The first-order chi connectivity index (χ1) is 5.79. The van der Waals surface area contributed by atoms with E-state index in [-0.39, 0.29) is 11.1 Å². The standard InChI is InChI=1S/C8H9N3O/c9-3-5-11-4-1-2-7(6-10)8(11)12/h1-2,4H,3,5,9H2. The summed E-state index contributed by atoms with van der Waals surface area (Å²) in [5, 5.41) is 8.52. The van der Waals surface area contributed by atoms with Crippen molar-refractivity contribution in [3.63, 3.8) is 0 Å². The molecule has 0 aliphatic carbocycles. The zero-order chi connectivity index (χ0) is 8.97. The lowest BCUT2D eigenvalue weighted by Crippen LogP contribution is -2.24. The van der Waals surface area contributed by atoms with Crippen LogP contribution >= 0.6 is 0 Å². The molecule has 0 amide bonds. The van der Waals surface area contributed by atoms with Crippen LogP contribution in [-0.2, 0) is 6.54 Å². The quantitative estimate of drug-likeness (QED) is 0.649. The van der Waals surface area contributed by atoms with Gasteiger partial charge in [0, 0.05) is 19.3 Å². The number of nitrogens with two attached hydrogens (primary N) is 1. The summed E-state index contributed by atoms with van der Waals surface area (Å²) >= 11 is 0. The minimum Gasteiger partial charge on any atom is -0.329 e. The lowest BCUT2D eigenvalue weighted by molar-refractivity contribution is 0.679. The molecule has 1 aromatic heterocycles. The largest absolute Gasteiger partial charge is 0.329 e. The number of aromatic nitrogens is 1. The molecule has 1 heterocycles. The van der Waals surface area contributed by atoms with Gasteiger partial charge in [-0.05, 0) is 12.1 Å². The normalized spacial score (nSPS) is 9.33. The second-order valence-corrected chi connectivity index (χ2v) is 2.32. The van der Waals surface area contributed by atoms with Crippen molar-refractivity contribution in [1.82, 2.24) is 4.57 Å². The van der Waals surface area contributed by atoms with Crippen molar-refractivity contribution < 1.29 is 0 Å². The Bertz CT molecular complexity index is 361. The molecule has 0 fully saturated rings. The van der Waals surface area contributed by atoms with Gasteiger partial charge in [-0.3, -0.25) is 4.79 Å². The molecule has 0 aromatic carbocycles. The van der Waals surface area contributed by atoms with Crippen LogP contribution < -0.4 is 11.3 Å². The predicted molar refractivity (Wildman–Crippen MR) is 44.5 cm³/mol. The van der Waals surface area contributed by atoms with Crippen LogP contribution in [0.4, 0.5) is 0 Å². The zero-order valence-electron chi connectivity index (χ0n) is 6.53. The first-order valence-electron chi connectivity index (χ1n) is 3.59. The second-order valence-electron chi connectivity index (χ2n) is 2.32. The highest BCUT2D eigenvalue weighted by atomic mass is 16.1.